The molecule has 1 aromatic heterocycles. The van der Waals surface area contributed by atoms with Crippen LogP contribution in [0, 0.1) is 0 Å². The first kappa shape index (κ1) is 11.2. The van der Waals surface area contributed by atoms with Crippen LogP contribution < -0.4 is 5.73 Å². The number of benzene rings is 1. The summed E-state index contributed by atoms with van der Waals surface area (Å²) in [5.41, 5.74) is 6.87. The molecule has 0 atom stereocenters. The third-order valence-corrected chi connectivity index (χ3v) is 3.30. The fourth-order valence-corrected chi connectivity index (χ4v) is 2.14. The summed E-state index contributed by atoms with van der Waals surface area (Å²) in [4.78, 5) is 8.14. The normalized spacial score (nSPS) is 10.3. The molecule has 0 bridgehead atoms. The topological polar surface area (TPSA) is 51.8 Å². The number of hydrogen-bond acceptors (Lipinski definition) is 4. The fourth-order valence-electron chi connectivity index (χ4n) is 1.18. The van der Waals surface area contributed by atoms with E-state index in [0.29, 0.717) is 5.82 Å². The predicted molar refractivity (Wildman–Crippen MR) is 67.5 cm³/mol. The maximum Gasteiger partial charge on any atom is 0.156 e. The van der Waals surface area contributed by atoms with Crippen molar-refractivity contribution in [2.75, 3.05) is 5.73 Å². The highest BCUT2D eigenvalue weighted by atomic mass is 35.5. The molecule has 0 unspecified atom stereocenters. The largest absolute Gasteiger partial charge is 0.381 e. The Hall–Kier alpha value is -1.26. The van der Waals surface area contributed by atoms with E-state index in [1.165, 1.54) is 5.56 Å². The number of anilines is 1. The third-order valence-electron chi connectivity index (χ3n) is 1.98. The number of nitrogen functional groups attached to an aromatic ring is 1. The zero-order chi connectivity index (χ0) is 11.4. The standard InChI is InChI=1S/C11H10ClN3S/c12-9-3-1-8(2-4-9)7-16-11-10(13)14-5-6-15-11/h1-6H,7H2,(H2,13,14). The molecule has 0 radical (unpaired) electrons. The molecule has 0 spiro atoms. The highest BCUT2D eigenvalue weighted by Gasteiger charge is 2.02. The quantitative estimate of drug-likeness (QED) is 0.852. The summed E-state index contributed by atoms with van der Waals surface area (Å²) in [7, 11) is 0. The molecule has 0 fully saturated rings. The van der Waals surface area contributed by atoms with Gasteiger partial charge < -0.3 is 5.73 Å². The molecule has 82 valence electrons. The van der Waals surface area contributed by atoms with Gasteiger partial charge in [0.05, 0.1) is 0 Å². The van der Waals surface area contributed by atoms with Crippen LogP contribution in [0.2, 0.25) is 5.02 Å². The number of aromatic nitrogens is 2. The SMILES string of the molecule is Nc1nccnc1SCc1ccc(Cl)cc1. The highest BCUT2D eigenvalue weighted by Crippen LogP contribution is 2.24. The van der Waals surface area contributed by atoms with E-state index in [9.17, 15) is 0 Å². The second kappa shape index (κ2) is 5.18. The van der Waals surface area contributed by atoms with Gasteiger partial charge in [-0.15, -0.1) is 0 Å². The molecular weight excluding hydrogens is 242 g/mol. The lowest BCUT2D eigenvalue weighted by Crippen LogP contribution is -1.94. The average molecular weight is 252 g/mol. The molecular formula is C11H10ClN3S. The first-order chi connectivity index (χ1) is 7.75. The number of rotatable bonds is 3. The Labute approximate surface area is 103 Å². The first-order valence-corrected chi connectivity index (χ1v) is 6.06. The summed E-state index contributed by atoms with van der Waals surface area (Å²) in [6.45, 7) is 0. The van der Waals surface area contributed by atoms with E-state index in [1.54, 1.807) is 24.2 Å². The van der Waals surface area contributed by atoms with E-state index < -0.39 is 0 Å². The summed E-state index contributed by atoms with van der Waals surface area (Å²) < 4.78 is 0. The van der Waals surface area contributed by atoms with Crippen LogP contribution in [0.1, 0.15) is 5.56 Å². The van der Waals surface area contributed by atoms with Crippen LogP contribution in [-0.4, -0.2) is 9.97 Å². The number of thioether (sulfide) groups is 1. The Bertz CT molecular complexity index is 473. The summed E-state index contributed by atoms with van der Waals surface area (Å²) in [6.07, 6.45) is 3.22. The molecule has 0 aliphatic carbocycles. The molecule has 0 aliphatic rings. The van der Waals surface area contributed by atoms with Crippen LogP contribution >= 0.6 is 23.4 Å². The van der Waals surface area contributed by atoms with Crippen molar-refractivity contribution in [1.29, 1.82) is 0 Å². The zero-order valence-corrected chi connectivity index (χ0v) is 10.0. The molecule has 0 saturated carbocycles. The monoisotopic (exact) mass is 251 g/mol. The smallest absolute Gasteiger partial charge is 0.156 e. The molecule has 16 heavy (non-hydrogen) atoms. The Balaban J connectivity index is 2.02. The first-order valence-electron chi connectivity index (χ1n) is 4.69. The van der Waals surface area contributed by atoms with E-state index in [1.807, 2.05) is 24.3 Å². The van der Waals surface area contributed by atoms with Gasteiger partial charge in [0.15, 0.2) is 5.82 Å². The summed E-state index contributed by atoms with van der Waals surface area (Å²) in [6, 6.07) is 7.72. The van der Waals surface area contributed by atoms with Gasteiger partial charge in [-0.1, -0.05) is 35.5 Å². The fraction of sp³-hybridized carbons (Fsp3) is 0.0909. The molecule has 2 rings (SSSR count). The Morgan fingerprint density at radius 3 is 2.50 bits per heavy atom. The van der Waals surface area contributed by atoms with Crippen LogP contribution in [0.4, 0.5) is 5.82 Å². The molecule has 1 heterocycles. The van der Waals surface area contributed by atoms with Crippen LogP contribution in [0.5, 0.6) is 0 Å². The molecule has 0 saturated heterocycles. The van der Waals surface area contributed by atoms with Crippen molar-refractivity contribution in [3.8, 4) is 0 Å². The summed E-state index contributed by atoms with van der Waals surface area (Å²) in [5, 5.41) is 1.50. The van der Waals surface area contributed by atoms with Gasteiger partial charge in [0.1, 0.15) is 5.03 Å². The summed E-state index contributed by atoms with van der Waals surface area (Å²) >= 11 is 7.37. The molecule has 2 N–H and O–H groups in total. The molecule has 1 aromatic carbocycles. The molecule has 0 aliphatic heterocycles. The van der Waals surface area contributed by atoms with Crippen molar-refractivity contribution in [2.24, 2.45) is 0 Å². The van der Waals surface area contributed by atoms with Crippen molar-refractivity contribution in [3.63, 3.8) is 0 Å². The van der Waals surface area contributed by atoms with Gasteiger partial charge in [-0.2, -0.15) is 0 Å². The second-order valence-electron chi connectivity index (χ2n) is 3.16. The van der Waals surface area contributed by atoms with E-state index in [2.05, 4.69) is 9.97 Å². The molecule has 5 heteroatoms. The van der Waals surface area contributed by atoms with Gasteiger partial charge in [0.2, 0.25) is 0 Å². The third kappa shape index (κ3) is 2.87. The van der Waals surface area contributed by atoms with E-state index in [0.717, 1.165) is 15.8 Å². The van der Waals surface area contributed by atoms with Gasteiger partial charge in [0, 0.05) is 23.2 Å². The van der Waals surface area contributed by atoms with Crippen molar-refractivity contribution in [3.05, 3.63) is 47.2 Å². The van der Waals surface area contributed by atoms with Crippen LogP contribution in [0.25, 0.3) is 0 Å². The lowest BCUT2D eigenvalue weighted by Gasteiger charge is -2.03. The van der Waals surface area contributed by atoms with Gasteiger partial charge in [0.25, 0.3) is 0 Å². The molecule has 3 nitrogen and oxygen atoms in total. The maximum absolute atomic E-state index is 5.80. The van der Waals surface area contributed by atoms with Crippen molar-refractivity contribution in [1.82, 2.24) is 9.97 Å². The minimum Gasteiger partial charge on any atom is -0.381 e. The van der Waals surface area contributed by atoms with Gasteiger partial charge in [-0.3, -0.25) is 0 Å². The van der Waals surface area contributed by atoms with Gasteiger partial charge in [-0.05, 0) is 17.7 Å². The van der Waals surface area contributed by atoms with Crippen molar-refractivity contribution < 1.29 is 0 Å². The Morgan fingerprint density at radius 2 is 1.81 bits per heavy atom. The van der Waals surface area contributed by atoms with Crippen LogP contribution in [-0.2, 0) is 5.75 Å². The maximum atomic E-state index is 5.80. The second-order valence-corrected chi connectivity index (χ2v) is 4.56. The average Bonchev–Trinajstić information content (AvgIpc) is 2.30. The van der Waals surface area contributed by atoms with Gasteiger partial charge in [-0.25, -0.2) is 9.97 Å². The van der Waals surface area contributed by atoms with E-state index in [-0.39, 0.29) is 0 Å². The number of halogens is 1. The number of hydrogen-bond donors (Lipinski definition) is 1. The highest BCUT2D eigenvalue weighted by molar-refractivity contribution is 7.98. The molecule has 0 amide bonds. The van der Waals surface area contributed by atoms with Crippen molar-refractivity contribution in [2.45, 2.75) is 10.8 Å². The summed E-state index contributed by atoms with van der Waals surface area (Å²) in [5.74, 6) is 1.28. The van der Waals surface area contributed by atoms with Gasteiger partial charge >= 0.3 is 0 Å². The van der Waals surface area contributed by atoms with Crippen molar-refractivity contribution >= 4 is 29.2 Å². The van der Waals surface area contributed by atoms with E-state index in [4.69, 9.17) is 17.3 Å². The minimum atomic E-state index is 0.474. The number of nitrogens with two attached hydrogens (primary N) is 1. The minimum absolute atomic E-state index is 0.474. The molecule has 2 aromatic rings. The lowest BCUT2D eigenvalue weighted by atomic mass is 10.2. The Kier molecular flexibility index (Phi) is 3.64. The Morgan fingerprint density at radius 1 is 1.12 bits per heavy atom. The van der Waals surface area contributed by atoms with Crippen LogP contribution in [0.3, 0.4) is 0 Å². The number of nitrogens with zero attached hydrogens (tertiary/aromatic N) is 2. The van der Waals surface area contributed by atoms with E-state index >= 15 is 0 Å². The zero-order valence-electron chi connectivity index (χ0n) is 8.43. The van der Waals surface area contributed by atoms with Crippen LogP contribution in [0.15, 0.2) is 41.7 Å². The predicted octanol–water partition coefficient (Wildman–Crippen LogP) is 3.00. The lowest BCUT2D eigenvalue weighted by molar-refractivity contribution is 1.07.